The van der Waals surface area contributed by atoms with Gasteiger partial charge in [0.05, 0.1) is 12.0 Å². The molecule has 110 valence electrons. The highest BCUT2D eigenvalue weighted by Gasteiger charge is 2.29. The molecule has 2 unspecified atom stereocenters. The average Bonchev–Trinajstić information content (AvgIpc) is 2.35. The Bertz CT molecular complexity index is 469. The Morgan fingerprint density at radius 2 is 1.85 bits per heavy atom. The lowest BCUT2D eigenvalue weighted by molar-refractivity contribution is -0.131. The van der Waals surface area contributed by atoms with E-state index < -0.39 is 23.5 Å². The Labute approximate surface area is 119 Å². The second-order valence-corrected chi connectivity index (χ2v) is 5.51. The van der Waals surface area contributed by atoms with Gasteiger partial charge in [-0.25, -0.2) is 0 Å². The third kappa shape index (κ3) is 4.35. The standard InChI is InChI=1S/C15H22N2O3/c1-10(2)13(14(16)19)17-12(18)9-15(3,20)11-7-5-4-6-8-11/h4-8,10,13,20H,9H2,1-3H3,(H2,16,19)(H,17,18). The molecular weight excluding hydrogens is 256 g/mol. The summed E-state index contributed by atoms with van der Waals surface area (Å²) in [5, 5.41) is 12.9. The van der Waals surface area contributed by atoms with Crippen LogP contribution in [0.4, 0.5) is 0 Å². The number of amides is 2. The monoisotopic (exact) mass is 278 g/mol. The molecule has 0 spiro atoms. The highest BCUT2D eigenvalue weighted by molar-refractivity contribution is 5.87. The summed E-state index contributed by atoms with van der Waals surface area (Å²) in [5.41, 5.74) is 4.61. The minimum Gasteiger partial charge on any atom is -0.385 e. The van der Waals surface area contributed by atoms with Crippen molar-refractivity contribution in [2.45, 2.75) is 38.8 Å². The molecule has 0 heterocycles. The van der Waals surface area contributed by atoms with E-state index in [1.807, 2.05) is 6.07 Å². The summed E-state index contributed by atoms with van der Waals surface area (Å²) < 4.78 is 0. The van der Waals surface area contributed by atoms with Crippen molar-refractivity contribution in [2.24, 2.45) is 11.7 Å². The number of nitrogens with one attached hydrogen (secondary N) is 1. The third-order valence-corrected chi connectivity index (χ3v) is 3.19. The molecule has 0 fully saturated rings. The van der Waals surface area contributed by atoms with Crippen LogP contribution in [-0.4, -0.2) is 23.0 Å². The van der Waals surface area contributed by atoms with Crippen molar-refractivity contribution in [2.75, 3.05) is 0 Å². The van der Waals surface area contributed by atoms with Gasteiger partial charge in [0.25, 0.3) is 0 Å². The van der Waals surface area contributed by atoms with Crippen LogP contribution in [0.5, 0.6) is 0 Å². The zero-order valence-corrected chi connectivity index (χ0v) is 12.1. The van der Waals surface area contributed by atoms with Gasteiger partial charge < -0.3 is 16.2 Å². The predicted molar refractivity (Wildman–Crippen MR) is 76.6 cm³/mol. The molecule has 0 saturated heterocycles. The van der Waals surface area contributed by atoms with Gasteiger partial charge in [-0.1, -0.05) is 44.2 Å². The maximum absolute atomic E-state index is 12.0. The first-order chi connectivity index (χ1) is 9.24. The van der Waals surface area contributed by atoms with Gasteiger partial charge in [0, 0.05) is 0 Å². The summed E-state index contributed by atoms with van der Waals surface area (Å²) in [5.74, 6) is -1.08. The number of hydrogen-bond donors (Lipinski definition) is 3. The van der Waals surface area contributed by atoms with Gasteiger partial charge in [0.2, 0.25) is 11.8 Å². The van der Waals surface area contributed by atoms with Gasteiger partial charge in [-0.2, -0.15) is 0 Å². The van der Waals surface area contributed by atoms with E-state index in [4.69, 9.17) is 5.73 Å². The van der Waals surface area contributed by atoms with Crippen LogP contribution in [0.3, 0.4) is 0 Å². The molecule has 20 heavy (non-hydrogen) atoms. The Kier molecular flexibility index (Phi) is 5.27. The number of primary amides is 1. The topological polar surface area (TPSA) is 92.4 Å². The van der Waals surface area contributed by atoms with Crippen LogP contribution in [-0.2, 0) is 15.2 Å². The van der Waals surface area contributed by atoms with E-state index in [0.29, 0.717) is 5.56 Å². The number of rotatable bonds is 6. The van der Waals surface area contributed by atoms with Crippen LogP contribution in [0.2, 0.25) is 0 Å². The summed E-state index contributed by atoms with van der Waals surface area (Å²) >= 11 is 0. The van der Waals surface area contributed by atoms with E-state index in [2.05, 4.69) is 5.32 Å². The number of benzene rings is 1. The van der Waals surface area contributed by atoms with E-state index in [0.717, 1.165) is 0 Å². The molecular formula is C15H22N2O3. The number of nitrogens with two attached hydrogens (primary N) is 1. The summed E-state index contributed by atoms with van der Waals surface area (Å²) in [6, 6.07) is 8.20. The minimum atomic E-state index is -1.29. The molecule has 5 heteroatoms. The molecule has 0 saturated carbocycles. The molecule has 0 aliphatic heterocycles. The quantitative estimate of drug-likeness (QED) is 0.722. The van der Waals surface area contributed by atoms with Crippen molar-refractivity contribution in [3.63, 3.8) is 0 Å². The summed E-state index contributed by atoms with van der Waals surface area (Å²) in [6.07, 6.45) is -0.131. The smallest absolute Gasteiger partial charge is 0.240 e. The fourth-order valence-corrected chi connectivity index (χ4v) is 2.00. The molecule has 5 nitrogen and oxygen atoms in total. The Hall–Kier alpha value is -1.88. The SMILES string of the molecule is CC(C)C(NC(=O)CC(C)(O)c1ccccc1)C(N)=O. The highest BCUT2D eigenvalue weighted by atomic mass is 16.3. The molecule has 1 aromatic carbocycles. The van der Waals surface area contributed by atoms with Crippen molar-refractivity contribution in [1.29, 1.82) is 0 Å². The van der Waals surface area contributed by atoms with Crippen molar-refractivity contribution in [3.05, 3.63) is 35.9 Å². The maximum atomic E-state index is 12.0. The van der Waals surface area contributed by atoms with E-state index in [9.17, 15) is 14.7 Å². The van der Waals surface area contributed by atoms with Crippen LogP contribution in [0, 0.1) is 5.92 Å². The number of aliphatic hydroxyl groups is 1. The predicted octanol–water partition coefficient (Wildman–Crippen LogP) is 0.910. The lowest BCUT2D eigenvalue weighted by Gasteiger charge is -2.25. The molecule has 2 atom stereocenters. The van der Waals surface area contributed by atoms with Crippen LogP contribution in [0.1, 0.15) is 32.8 Å². The van der Waals surface area contributed by atoms with Gasteiger partial charge in [-0.05, 0) is 18.4 Å². The van der Waals surface area contributed by atoms with Gasteiger partial charge in [0.1, 0.15) is 6.04 Å². The molecule has 0 aromatic heterocycles. The fourth-order valence-electron chi connectivity index (χ4n) is 2.00. The van der Waals surface area contributed by atoms with E-state index >= 15 is 0 Å². The number of hydrogen-bond acceptors (Lipinski definition) is 3. The van der Waals surface area contributed by atoms with Gasteiger partial charge in [0.15, 0.2) is 0 Å². The van der Waals surface area contributed by atoms with Crippen molar-refractivity contribution in [3.8, 4) is 0 Å². The van der Waals surface area contributed by atoms with Crippen molar-refractivity contribution >= 4 is 11.8 Å². The molecule has 0 radical (unpaired) electrons. The molecule has 1 aromatic rings. The summed E-state index contributed by atoms with van der Waals surface area (Å²) in [6.45, 7) is 5.16. The van der Waals surface area contributed by atoms with Crippen LogP contribution in [0.15, 0.2) is 30.3 Å². The second kappa shape index (κ2) is 6.52. The zero-order chi connectivity index (χ0) is 15.3. The Morgan fingerprint density at radius 1 is 1.30 bits per heavy atom. The number of carbonyl (C=O) groups excluding carboxylic acids is 2. The van der Waals surface area contributed by atoms with Crippen molar-refractivity contribution in [1.82, 2.24) is 5.32 Å². The fraction of sp³-hybridized carbons (Fsp3) is 0.467. The molecule has 4 N–H and O–H groups in total. The Morgan fingerprint density at radius 3 is 2.30 bits per heavy atom. The zero-order valence-electron chi connectivity index (χ0n) is 12.1. The first-order valence-electron chi connectivity index (χ1n) is 6.60. The van der Waals surface area contributed by atoms with E-state index in [1.54, 1.807) is 45.0 Å². The van der Waals surface area contributed by atoms with Crippen LogP contribution in [0.25, 0.3) is 0 Å². The first-order valence-corrected chi connectivity index (χ1v) is 6.60. The molecule has 0 aliphatic carbocycles. The van der Waals surface area contributed by atoms with Gasteiger partial charge in [-0.15, -0.1) is 0 Å². The van der Waals surface area contributed by atoms with Crippen LogP contribution >= 0.6 is 0 Å². The maximum Gasteiger partial charge on any atom is 0.240 e. The molecule has 0 aliphatic rings. The average molecular weight is 278 g/mol. The Balaban J connectivity index is 2.73. The second-order valence-electron chi connectivity index (χ2n) is 5.51. The summed E-state index contributed by atoms with van der Waals surface area (Å²) in [4.78, 5) is 23.2. The molecule has 2 amide bonds. The lowest BCUT2D eigenvalue weighted by atomic mass is 9.92. The van der Waals surface area contributed by atoms with Crippen LogP contribution < -0.4 is 11.1 Å². The minimum absolute atomic E-state index is 0.0990. The molecule has 0 bridgehead atoms. The lowest BCUT2D eigenvalue weighted by Crippen LogP contribution is -2.49. The highest BCUT2D eigenvalue weighted by Crippen LogP contribution is 2.24. The summed E-state index contributed by atoms with van der Waals surface area (Å²) in [7, 11) is 0. The van der Waals surface area contributed by atoms with E-state index in [1.165, 1.54) is 0 Å². The first kappa shape index (κ1) is 16.2. The van der Waals surface area contributed by atoms with Gasteiger partial charge in [-0.3, -0.25) is 9.59 Å². The normalized spacial score (nSPS) is 15.4. The number of carbonyl (C=O) groups is 2. The largest absolute Gasteiger partial charge is 0.385 e. The van der Waals surface area contributed by atoms with E-state index in [-0.39, 0.29) is 12.3 Å². The van der Waals surface area contributed by atoms with Crippen molar-refractivity contribution < 1.29 is 14.7 Å². The molecule has 1 rings (SSSR count). The third-order valence-electron chi connectivity index (χ3n) is 3.19. The van der Waals surface area contributed by atoms with Gasteiger partial charge >= 0.3 is 0 Å².